The van der Waals surface area contributed by atoms with Crippen molar-refractivity contribution in [2.45, 2.75) is 218 Å². The van der Waals surface area contributed by atoms with E-state index in [-0.39, 0.29) is 6.10 Å². The van der Waals surface area contributed by atoms with Gasteiger partial charge in [-0.3, -0.25) is 14.5 Å². The molecule has 62 heavy (non-hydrogen) atoms. The van der Waals surface area contributed by atoms with Gasteiger partial charge in [-0.15, -0.1) is 0 Å². The Hall–Kier alpha value is -3.36. The number of nitrogens with zero attached hydrogens (tertiary/aromatic N) is 1. The van der Waals surface area contributed by atoms with Crippen LogP contribution in [-0.2, 0) is 16.1 Å². The lowest BCUT2D eigenvalue weighted by molar-refractivity contribution is -0.138. The highest BCUT2D eigenvalue weighted by Gasteiger charge is 2.24. The maximum atomic E-state index is 10.5. The zero-order valence-electron chi connectivity index (χ0n) is 39.0. The normalized spacial score (nSPS) is 13.6. The Labute approximate surface area is 378 Å². The van der Waals surface area contributed by atoms with E-state index in [1.54, 1.807) is 0 Å². The number of aliphatic hydroxyl groups is 1. The molecular formula is C54H89NO7. The van der Waals surface area contributed by atoms with E-state index in [1.165, 1.54) is 121 Å². The van der Waals surface area contributed by atoms with Crippen molar-refractivity contribution in [3.8, 4) is 11.5 Å². The Balaban J connectivity index is 1.45. The topological polar surface area (TPSA) is 117 Å². The van der Waals surface area contributed by atoms with E-state index >= 15 is 0 Å². The van der Waals surface area contributed by atoms with Crippen molar-refractivity contribution in [2.24, 2.45) is 0 Å². The van der Waals surface area contributed by atoms with Crippen molar-refractivity contribution in [1.82, 2.24) is 4.90 Å². The second-order valence-electron chi connectivity index (χ2n) is 17.6. The first-order valence-corrected chi connectivity index (χ1v) is 25.3. The molecule has 1 aliphatic rings. The fraction of sp³-hybridized carbons (Fsp3) is 0.704. The Kier molecular flexibility index (Phi) is 35.7. The number of aliphatic carboxylic acids is 2. The average Bonchev–Trinajstić information content (AvgIpc) is 3.23. The Morgan fingerprint density at radius 2 is 0.790 bits per heavy atom. The first-order chi connectivity index (χ1) is 30.4. The smallest absolute Gasteiger partial charge is 0.303 e. The lowest BCUT2D eigenvalue weighted by Gasteiger charge is -2.35. The fourth-order valence-electron chi connectivity index (χ4n) is 7.85. The lowest BCUT2D eigenvalue weighted by atomic mass is 10.1. The molecule has 8 heteroatoms. The van der Waals surface area contributed by atoms with Crippen molar-refractivity contribution in [2.75, 3.05) is 26.3 Å². The lowest BCUT2D eigenvalue weighted by Crippen LogP contribution is -2.49. The molecule has 1 aromatic carbocycles. The molecule has 0 aliphatic carbocycles. The summed E-state index contributed by atoms with van der Waals surface area (Å²) < 4.78 is 12.5. The maximum absolute atomic E-state index is 10.5. The summed E-state index contributed by atoms with van der Waals surface area (Å²) >= 11 is 0. The highest BCUT2D eigenvalue weighted by atomic mass is 16.5. The van der Waals surface area contributed by atoms with Gasteiger partial charge in [-0.2, -0.15) is 0 Å². The zero-order chi connectivity index (χ0) is 44.4. The van der Waals surface area contributed by atoms with Crippen molar-refractivity contribution in [3.05, 3.63) is 72.4 Å². The summed E-state index contributed by atoms with van der Waals surface area (Å²) in [5.74, 6) is 0.424. The summed E-state index contributed by atoms with van der Waals surface area (Å²) in [4.78, 5) is 23.3. The second-order valence-corrected chi connectivity index (χ2v) is 17.6. The number of carboxylic acids is 2. The average molecular weight is 864 g/mol. The summed E-state index contributed by atoms with van der Waals surface area (Å²) in [5.41, 5.74) is 1.19. The molecule has 1 fully saturated rings. The first kappa shape index (κ1) is 54.8. The van der Waals surface area contributed by atoms with Gasteiger partial charge in [0.1, 0.15) is 11.5 Å². The van der Waals surface area contributed by atoms with Crippen LogP contribution in [0.2, 0.25) is 0 Å². The molecule has 1 aromatic rings. The third-order valence-corrected chi connectivity index (χ3v) is 11.6. The van der Waals surface area contributed by atoms with Crippen molar-refractivity contribution in [3.63, 3.8) is 0 Å². The van der Waals surface area contributed by atoms with Gasteiger partial charge in [0.2, 0.25) is 0 Å². The Morgan fingerprint density at radius 1 is 0.468 bits per heavy atom. The minimum Gasteiger partial charge on any atom is -0.493 e. The van der Waals surface area contributed by atoms with Crippen LogP contribution in [0.1, 0.15) is 211 Å². The number of allylic oxidation sites excluding steroid dienone is 8. The van der Waals surface area contributed by atoms with E-state index in [4.69, 9.17) is 19.7 Å². The number of hydrogen-bond acceptors (Lipinski definition) is 6. The van der Waals surface area contributed by atoms with Crippen LogP contribution in [0.5, 0.6) is 11.5 Å². The number of benzene rings is 1. The van der Waals surface area contributed by atoms with E-state index in [0.717, 1.165) is 121 Å². The van der Waals surface area contributed by atoms with Crippen LogP contribution in [0.25, 0.3) is 0 Å². The van der Waals surface area contributed by atoms with Crippen molar-refractivity contribution in [1.29, 1.82) is 0 Å². The first-order valence-electron chi connectivity index (χ1n) is 25.3. The number of carboxylic acid groups (broad SMARTS) is 2. The number of rotatable bonds is 44. The standard InChI is InChI=1S/C54H89NO7/c56-50-47-55(48-50)46-49-43-51(61-41-37-33-29-25-21-17-13-9-5-1-3-7-11-15-19-23-27-31-35-39-53(57)58)45-52(44-49)62-42-38-34-30-26-22-18-14-10-6-2-4-8-12-16-20-24-28-32-36-40-54(59)60/h1-2,5-8,11-12,43-45,50,56H,3-4,9-10,13-42,46-48H2,(H,57,58)(H,59,60)/b5-1-,6-2-,11-7-,12-8-. The number of carbonyl (C=O) groups is 2. The highest BCUT2D eigenvalue weighted by molar-refractivity contribution is 5.66. The Morgan fingerprint density at radius 3 is 1.13 bits per heavy atom. The highest BCUT2D eigenvalue weighted by Crippen LogP contribution is 2.26. The summed E-state index contributed by atoms with van der Waals surface area (Å²) in [6.07, 6.45) is 53.5. The molecular weight excluding hydrogens is 775 g/mol. The number of ether oxygens (including phenoxy) is 2. The molecule has 0 amide bonds. The van der Waals surface area contributed by atoms with Gasteiger partial charge >= 0.3 is 11.9 Å². The Bertz CT molecular complexity index is 1260. The molecule has 8 nitrogen and oxygen atoms in total. The van der Waals surface area contributed by atoms with Gasteiger partial charge in [0, 0.05) is 38.5 Å². The zero-order valence-corrected chi connectivity index (χ0v) is 39.0. The predicted octanol–water partition coefficient (Wildman–Crippen LogP) is 14.5. The number of hydrogen-bond donors (Lipinski definition) is 3. The van der Waals surface area contributed by atoms with Gasteiger partial charge in [0.05, 0.1) is 19.3 Å². The largest absolute Gasteiger partial charge is 0.493 e. The molecule has 0 saturated carbocycles. The molecule has 0 aromatic heterocycles. The number of β-amino-alcohol motifs (C(OH)–C–C–N with tert-alkyl or cyclic N) is 1. The van der Waals surface area contributed by atoms with E-state index in [2.05, 4.69) is 71.7 Å². The van der Waals surface area contributed by atoms with Crippen LogP contribution in [0.3, 0.4) is 0 Å². The quantitative estimate of drug-likeness (QED) is 0.0439. The molecule has 0 bridgehead atoms. The minimum absolute atomic E-state index is 0.204. The second kappa shape index (κ2) is 40.4. The molecule has 1 heterocycles. The van der Waals surface area contributed by atoms with Gasteiger partial charge in [-0.05, 0) is 108 Å². The summed E-state index contributed by atoms with van der Waals surface area (Å²) in [6, 6.07) is 6.35. The molecule has 1 aliphatic heterocycles. The molecule has 3 N–H and O–H groups in total. The number of likely N-dealkylation sites (tertiary alicyclic amines) is 1. The van der Waals surface area contributed by atoms with Crippen LogP contribution < -0.4 is 9.47 Å². The third-order valence-electron chi connectivity index (χ3n) is 11.6. The van der Waals surface area contributed by atoms with Gasteiger partial charge < -0.3 is 24.8 Å². The number of aliphatic hydroxyl groups excluding tert-OH is 1. The molecule has 0 unspecified atom stereocenters. The van der Waals surface area contributed by atoms with E-state index in [0.29, 0.717) is 12.8 Å². The monoisotopic (exact) mass is 864 g/mol. The molecule has 0 radical (unpaired) electrons. The summed E-state index contributed by atoms with van der Waals surface area (Å²) in [7, 11) is 0. The number of unbranched alkanes of at least 4 members (excludes halogenated alkanes) is 24. The maximum Gasteiger partial charge on any atom is 0.303 e. The fourth-order valence-corrected chi connectivity index (χ4v) is 7.85. The van der Waals surface area contributed by atoms with Gasteiger partial charge in [-0.1, -0.05) is 151 Å². The molecule has 352 valence electrons. The van der Waals surface area contributed by atoms with Gasteiger partial charge in [0.25, 0.3) is 0 Å². The van der Waals surface area contributed by atoms with Crippen LogP contribution in [0.15, 0.2) is 66.8 Å². The summed E-state index contributed by atoms with van der Waals surface area (Å²) in [6.45, 7) is 3.74. The van der Waals surface area contributed by atoms with Gasteiger partial charge in [0.15, 0.2) is 0 Å². The van der Waals surface area contributed by atoms with Crippen molar-refractivity contribution >= 4 is 11.9 Å². The van der Waals surface area contributed by atoms with Gasteiger partial charge in [-0.25, -0.2) is 0 Å². The van der Waals surface area contributed by atoms with Crippen molar-refractivity contribution < 1.29 is 34.4 Å². The SMILES string of the molecule is O=C(O)CCCCCCC/C=C\C/C=C\CCCCCCCCCOc1cc(CN2CC(O)C2)cc(OCCCCCCCCC/C=C\C/C=C\CCCCCCCC(=O)O)c1. The molecule has 0 spiro atoms. The molecule has 1 saturated heterocycles. The predicted molar refractivity (Wildman–Crippen MR) is 258 cm³/mol. The van der Waals surface area contributed by atoms with E-state index in [1.807, 2.05) is 0 Å². The van der Waals surface area contributed by atoms with E-state index in [9.17, 15) is 14.7 Å². The third kappa shape index (κ3) is 35.1. The minimum atomic E-state index is -0.682. The summed E-state index contributed by atoms with van der Waals surface area (Å²) in [5, 5.41) is 27.1. The van der Waals surface area contributed by atoms with Crippen LogP contribution in [0.4, 0.5) is 0 Å². The van der Waals surface area contributed by atoms with E-state index < -0.39 is 11.9 Å². The molecule has 2 rings (SSSR count). The van der Waals surface area contributed by atoms with Crippen LogP contribution >= 0.6 is 0 Å². The van der Waals surface area contributed by atoms with Crippen LogP contribution in [-0.4, -0.2) is 64.6 Å². The molecule has 0 atom stereocenters. The van der Waals surface area contributed by atoms with Crippen LogP contribution in [0, 0.1) is 0 Å².